The number of halogens is 3. The Morgan fingerprint density at radius 2 is 1.76 bits per heavy atom. The Balaban J connectivity index is 1.73. The largest absolute Gasteiger partial charge is 0.416 e. The number of carbonyl (C=O) groups is 1. The molecule has 152 valence electrons. The van der Waals surface area contributed by atoms with E-state index < -0.39 is 11.7 Å². The zero-order valence-electron chi connectivity index (χ0n) is 16.0. The number of aryl methyl sites for hydroxylation is 3. The number of hydrogen-bond donors (Lipinski definition) is 2. The molecule has 0 unspecified atom stereocenters. The first-order chi connectivity index (χ1) is 13.6. The molecule has 2 aromatic carbocycles. The third-order valence-corrected chi connectivity index (χ3v) is 5.42. The van der Waals surface area contributed by atoms with E-state index >= 15 is 0 Å². The van der Waals surface area contributed by atoms with E-state index in [2.05, 4.69) is 15.1 Å². The van der Waals surface area contributed by atoms with Crippen molar-refractivity contribution in [2.75, 3.05) is 10.0 Å². The van der Waals surface area contributed by atoms with Crippen LogP contribution < -0.4 is 10.0 Å². The van der Waals surface area contributed by atoms with Crippen LogP contribution in [0.3, 0.4) is 0 Å². The number of aromatic nitrogens is 2. The highest BCUT2D eigenvalue weighted by atomic mass is 32.2. The average Bonchev–Trinajstić information content (AvgIpc) is 3.06. The Morgan fingerprint density at radius 3 is 2.34 bits per heavy atom. The van der Waals surface area contributed by atoms with Gasteiger partial charge in [0.05, 0.1) is 5.56 Å². The van der Waals surface area contributed by atoms with Crippen molar-refractivity contribution in [3.8, 4) is 0 Å². The second-order valence-corrected chi connectivity index (χ2v) is 7.33. The first kappa shape index (κ1) is 20.8. The molecule has 1 heterocycles. The van der Waals surface area contributed by atoms with Crippen LogP contribution in [-0.2, 0) is 13.2 Å². The molecule has 1 amide bonds. The minimum Gasteiger partial charge on any atom is -0.326 e. The van der Waals surface area contributed by atoms with Gasteiger partial charge in [-0.05, 0) is 73.3 Å². The molecule has 29 heavy (non-hydrogen) atoms. The summed E-state index contributed by atoms with van der Waals surface area (Å²) >= 11 is 1.23. The summed E-state index contributed by atoms with van der Waals surface area (Å²) in [5.74, 6) is -0.272. The number of amides is 1. The molecule has 0 aliphatic rings. The molecule has 9 heteroatoms. The summed E-state index contributed by atoms with van der Waals surface area (Å²) in [4.78, 5) is 13.2. The zero-order valence-corrected chi connectivity index (χ0v) is 16.8. The molecule has 5 nitrogen and oxygen atoms in total. The van der Waals surface area contributed by atoms with Crippen molar-refractivity contribution in [2.45, 2.75) is 24.9 Å². The highest BCUT2D eigenvalue weighted by molar-refractivity contribution is 8.00. The molecule has 3 rings (SSSR count). The third-order valence-electron chi connectivity index (χ3n) is 4.23. The second-order valence-electron chi connectivity index (χ2n) is 6.52. The summed E-state index contributed by atoms with van der Waals surface area (Å²) in [5.41, 5.74) is 2.49. The van der Waals surface area contributed by atoms with Gasteiger partial charge in [-0.2, -0.15) is 18.3 Å². The Morgan fingerprint density at radius 1 is 1.07 bits per heavy atom. The Kier molecular flexibility index (Phi) is 5.88. The molecule has 0 fully saturated rings. The molecule has 2 N–H and O–H groups in total. The number of benzene rings is 2. The standard InChI is InChI=1S/C20H19F3N4OS/c1-12-9-16(25-19(28)17-7-8-24-27(17)3)10-13(2)18(12)29-26-15-6-4-5-14(11-15)20(21,22)23/h4-11,26H,1-3H3,(H,25,28). The highest BCUT2D eigenvalue weighted by Crippen LogP contribution is 2.34. The lowest BCUT2D eigenvalue weighted by Crippen LogP contribution is -2.16. The van der Waals surface area contributed by atoms with E-state index in [-0.39, 0.29) is 5.91 Å². The third kappa shape index (κ3) is 4.92. The topological polar surface area (TPSA) is 59.0 Å². The average molecular weight is 420 g/mol. The second kappa shape index (κ2) is 8.20. The van der Waals surface area contributed by atoms with E-state index in [0.29, 0.717) is 17.1 Å². The van der Waals surface area contributed by atoms with Crippen molar-refractivity contribution in [2.24, 2.45) is 7.05 Å². The van der Waals surface area contributed by atoms with E-state index in [1.807, 2.05) is 26.0 Å². The van der Waals surface area contributed by atoms with Crippen molar-refractivity contribution >= 4 is 29.2 Å². The maximum absolute atomic E-state index is 12.9. The number of rotatable bonds is 5. The maximum atomic E-state index is 12.9. The number of hydrogen-bond acceptors (Lipinski definition) is 4. The summed E-state index contributed by atoms with van der Waals surface area (Å²) in [7, 11) is 1.69. The van der Waals surface area contributed by atoms with E-state index in [4.69, 9.17) is 0 Å². The minimum atomic E-state index is -4.39. The number of anilines is 2. The summed E-state index contributed by atoms with van der Waals surface area (Å²) in [6.07, 6.45) is -2.84. The fourth-order valence-corrected chi connectivity index (χ4v) is 3.63. The van der Waals surface area contributed by atoms with Gasteiger partial charge in [0, 0.05) is 29.5 Å². The lowest BCUT2D eigenvalue weighted by Gasteiger charge is -2.15. The zero-order chi connectivity index (χ0) is 21.2. The van der Waals surface area contributed by atoms with Gasteiger partial charge in [-0.25, -0.2) is 0 Å². The molecule has 1 aromatic heterocycles. The Hall–Kier alpha value is -2.94. The molecular weight excluding hydrogens is 401 g/mol. The van der Waals surface area contributed by atoms with E-state index in [1.165, 1.54) is 22.7 Å². The molecule has 0 aliphatic heterocycles. The van der Waals surface area contributed by atoms with Crippen LogP contribution in [0.2, 0.25) is 0 Å². The lowest BCUT2D eigenvalue weighted by molar-refractivity contribution is -0.137. The van der Waals surface area contributed by atoms with Gasteiger partial charge < -0.3 is 10.0 Å². The van der Waals surface area contributed by atoms with Crippen LogP contribution in [0.5, 0.6) is 0 Å². The van der Waals surface area contributed by atoms with Crippen molar-refractivity contribution < 1.29 is 18.0 Å². The smallest absolute Gasteiger partial charge is 0.326 e. The normalized spacial score (nSPS) is 11.4. The number of nitrogens with zero attached hydrogens (tertiary/aromatic N) is 2. The quantitative estimate of drug-likeness (QED) is 0.541. The molecule has 0 bridgehead atoms. The summed E-state index contributed by atoms with van der Waals surface area (Å²) in [6.45, 7) is 3.76. The van der Waals surface area contributed by atoms with Crippen molar-refractivity contribution in [1.82, 2.24) is 9.78 Å². The molecular formula is C20H19F3N4OS. The fourth-order valence-electron chi connectivity index (χ4n) is 2.84. The summed E-state index contributed by atoms with van der Waals surface area (Å²) in [6, 6.07) is 10.3. The Labute approximate surface area is 170 Å². The van der Waals surface area contributed by atoms with Gasteiger partial charge in [0.15, 0.2) is 0 Å². The van der Waals surface area contributed by atoms with Gasteiger partial charge >= 0.3 is 6.18 Å². The molecule has 3 aromatic rings. The van der Waals surface area contributed by atoms with E-state index in [1.54, 1.807) is 25.4 Å². The molecule has 0 saturated heterocycles. The van der Waals surface area contributed by atoms with Crippen LogP contribution in [-0.4, -0.2) is 15.7 Å². The number of alkyl halides is 3. The first-order valence-corrected chi connectivity index (χ1v) is 9.47. The lowest BCUT2D eigenvalue weighted by atomic mass is 10.1. The van der Waals surface area contributed by atoms with Crippen LogP contribution in [0.15, 0.2) is 53.6 Å². The SMILES string of the molecule is Cc1cc(NC(=O)c2ccnn2C)cc(C)c1SNc1cccc(C(F)(F)F)c1. The van der Waals surface area contributed by atoms with Crippen molar-refractivity contribution in [3.63, 3.8) is 0 Å². The van der Waals surface area contributed by atoms with E-state index in [9.17, 15) is 18.0 Å². The Bertz CT molecular complexity index is 1020. The predicted molar refractivity (Wildman–Crippen MR) is 108 cm³/mol. The van der Waals surface area contributed by atoms with Crippen LogP contribution >= 0.6 is 11.9 Å². The van der Waals surface area contributed by atoms with Gasteiger partial charge in [-0.15, -0.1) is 0 Å². The minimum absolute atomic E-state index is 0.272. The molecule has 0 saturated carbocycles. The summed E-state index contributed by atoms with van der Waals surface area (Å²) < 4.78 is 43.0. The monoisotopic (exact) mass is 420 g/mol. The van der Waals surface area contributed by atoms with Crippen LogP contribution in [0.1, 0.15) is 27.2 Å². The van der Waals surface area contributed by atoms with Gasteiger partial charge in [0.1, 0.15) is 5.69 Å². The van der Waals surface area contributed by atoms with Crippen molar-refractivity contribution in [1.29, 1.82) is 0 Å². The number of carbonyl (C=O) groups excluding carboxylic acids is 1. The number of nitrogens with one attached hydrogen (secondary N) is 2. The van der Waals surface area contributed by atoms with Gasteiger partial charge in [0.25, 0.3) is 5.91 Å². The van der Waals surface area contributed by atoms with Crippen LogP contribution in [0, 0.1) is 13.8 Å². The molecule has 0 atom stereocenters. The van der Waals surface area contributed by atoms with Crippen LogP contribution in [0.25, 0.3) is 0 Å². The maximum Gasteiger partial charge on any atom is 0.416 e. The molecule has 0 radical (unpaired) electrons. The first-order valence-electron chi connectivity index (χ1n) is 8.66. The molecule has 0 aliphatic carbocycles. The predicted octanol–water partition coefficient (Wildman–Crippen LogP) is 5.43. The summed E-state index contributed by atoms with van der Waals surface area (Å²) in [5, 5.41) is 6.81. The van der Waals surface area contributed by atoms with E-state index in [0.717, 1.165) is 28.2 Å². The highest BCUT2D eigenvalue weighted by Gasteiger charge is 2.30. The van der Waals surface area contributed by atoms with Crippen molar-refractivity contribution in [3.05, 3.63) is 71.0 Å². The van der Waals surface area contributed by atoms with Crippen LogP contribution in [0.4, 0.5) is 24.5 Å². The fraction of sp³-hybridized carbons (Fsp3) is 0.200. The molecule has 0 spiro atoms. The van der Waals surface area contributed by atoms with Gasteiger partial charge in [-0.1, -0.05) is 6.07 Å². The van der Waals surface area contributed by atoms with Gasteiger partial charge in [0.2, 0.25) is 0 Å². The van der Waals surface area contributed by atoms with Gasteiger partial charge in [-0.3, -0.25) is 9.48 Å².